The van der Waals surface area contributed by atoms with Gasteiger partial charge in [-0.2, -0.15) is 0 Å². The predicted octanol–water partition coefficient (Wildman–Crippen LogP) is -1.59. The Morgan fingerprint density at radius 2 is 2.20 bits per heavy atom. The number of nitrogens with zero attached hydrogens (tertiary/aromatic N) is 1. The van der Waals surface area contributed by atoms with Gasteiger partial charge < -0.3 is 15.2 Å². The zero-order chi connectivity index (χ0) is 7.56. The summed E-state index contributed by atoms with van der Waals surface area (Å²) in [6.45, 7) is 0.682. The molecule has 1 heterocycles. The van der Waals surface area contributed by atoms with Gasteiger partial charge in [0.25, 0.3) is 0 Å². The first kappa shape index (κ1) is 8.01. The van der Waals surface area contributed by atoms with Gasteiger partial charge >= 0.3 is 7.12 Å². The van der Waals surface area contributed by atoms with E-state index in [4.69, 9.17) is 15.2 Å². The predicted molar refractivity (Wildman–Crippen MR) is 37.0 cm³/mol. The van der Waals surface area contributed by atoms with Gasteiger partial charge in [-0.3, -0.25) is 4.90 Å². The van der Waals surface area contributed by atoms with Crippen molar-refractivity contribution in [2.75, 3.05) is 13.3 Å². The number of aliphatic hydroxyl groups is 1. The van der Waals surface area contributed by atoms with Crippen molar-refractivity contribution in [3.8, 4) is 0 Å². The molecule has 1 unspecified atom stereocenters. The van der Waals surface area contributed by atoms with Crippen LogP contribution >= 0.6 is 0 Å². The Hall–Kier alpha value is -0.0951. The number of likely N-dealkylation sites (tertiary alicyclic amines) is 1. The van der Waals surface area contributed by atoms with Crippen LogP contribution in [-0.4, -0.2) is 46.4 Å². The van der Waals surface area contributed by atoms with E-state index >= 15 is 0 Å². The third-order valence-electron chi connectivity index (χ3n) is 1.94. The monoisotopic (exact) mass is 145 g/mol. The van der Waals surface area contributed by atoms with Crippen LogP contribution in [0.2, 0.25) is 0 Å². The summed E-state index contributed by atoms with van der Waals surface area (Å²) in [7, 11) is -1.31. The fourth-order valence-electron chi connectivity index (χ4n) is 1.37. The molecule has 0 radical (unpaired) electrons. The molecule has 0 aliphatic carbocycles. The molecular formula is C5H12BNO3. The molecule has 0 aromatic carbocycles. The highest BCUT2D eigenvalue weighted by Crippen LogP contribution is 2.16. The Morgan fingerprint density at radius 1 is 1.50 bits per heavy atom. The number of aliphatic hydroxyl groups excluding tert-OH is 1. The Labute approximate surface area is 60.2 Å². The van der Waals surface area contributed by atoms with Crippen molar-refractivity contribution in [1.82, 2.24) is 4.90 Å². The van der Waals surface area contributed by atoms with Crippen molar-refractivity contribution in [3.63, 3.8) is 0 Å². The van der Waals surface area contributed by atoms with Crippen LogP contribution in [0.5, 0.6) is 0 Å². The lowest BCUT2D eigenvalue weighted by molar-refractivity contribution is 0.108. The minimum absolute atomic E-state index is 0.0811. The molecule has 10 heavy (non-hydrogen) atoms. The standard InChI is InChI=1S/C5H12BNO3/c8-4-7-3-1-2-5(7)6(9)10/h5,8-10H,1-4H2. The third-order valence-corrected chi connectivity index (χ3v) is 1.94. The van der Waals surface area contributed by atoms with Gasteiger partial charge in [-0.15, -0.1) is 0 Å². The van der Waals surface area contributed by atoms with Crippen molar-refractivity contribution < 1.29 is 15.2 Å². The second-order valence-corrected chi connectivity index (χ2v) is 2.58. The van der Waals surface area contributed by atoms with Gasteiger partial charge in [0.15, 0.2) is 0 Å². The fraction of sp³-hybridized carbons (Fsp3) is 1.00. The zero-order valence-electron chi connectivity index (χ0n) is 5.77. The molecule has 0 saturated carbocycles. The van der Waals surface area contributed by atoms with Gasteiger partial charge in [0.2, 0.25) is 0 Å². The first-order chi connectivity index (χ1) is 4.75. The average molecular weight is 145 g/mol. The topological polar surface area (TPSA) is 63.9 Å². The highest BCUT2D eigenvalue weighted by atomic mass is 16.4. The molecule has 0 aromatic rings. The first-order valence-corrected chi connectivity index (χ1v) is 3.46. The summed E-state index contributed by atoms with van der Waals surface area (Å²) in [6.07, 6.45) is 1.70. The molecule has 1 atom stereocenters. The van der Waals surface area contributed by atoms with Crippen molar-refractivity contribution in [1.29, 1.82) is 0 Å². The molecule has 1 aliphatic rings. The summed E-state index contributed by atoms with van der Waals surface area (Å²) in [5.41, 5.74) is 0. The van der Waals surface area contributed by atoms with Crippen LogP contribution in [0, 0.1) is 0 Å². The first-order valence-electron chi connectivity index (χ1n) is 3.46. The number of hydrogen-bond donors (Lipinski definition) is 3. The lowest BCUT2D eigenvalue weighted by Crippen LogP contribution is -2.42. The van der Waals surface area contributed by atoms with Crippen LogP contribution in [0.3, 0.4) is 0 Å². The van der Waals surface area contributed by atoms with Crippen LogP contribution in [0.15, 0.2) is 0 Å². The molecule has 5 heteroatoms. The molecule has 0 amide bonds. The number of rotatable bonds is 2. The highest BCUT2D eigenvalue weighted by Gasteiger charge is 2.32. The molecule has 1 saturated heterocycles. The van der Waals surface area contributed by atoms with Crippen molar-refractivity contribution in [2.45, 2.75) is 18.8 Å². The highest BCUT2D eigenvalue weighted by molar-refractivity contribution is 6.43. The SMILES string of the molecule is OCN1CCCC1B(O)O. The maximum absolute atomic E-state index is 8.76. The Bertz CT molecular complexity index is 111. The van der Waals surface area contributed by atoms with Crippen LogP contribution in [0.4, 0.5) is 0 Å². The van der Waals surface area contributed by atoms with Crippen LogP contribution < -0.4 is 0 Å². The van der Waals surface area contributed by atoms with Gasteiger partial charge in [-0.05, 0) is 12.8 Å². The van der Waals surface area contributed by atoms with Crippen LogP contribution in [-0.2, 0) is 0 Å². The van der Waals surface area contributed by atoms with E-state index in [9.17, 15) is 0 Å². The Morgan fingerprint density at radius 3 is 2.60 bits per heavy atom. The van der Waals surface area contributed by atoms with Crippen molar-refractivity contribution >= 4 is 7.12 Å². The Kier molecular flexibility index (Phi) is 2.68. The maximum Gasteiger partial charge on any atom is 0.469 e. The van der Waals surface area contributed by atoms with E-state index in [-0.39, 0.29) is 12.7 Å². The summed E-state index contributed by atoms with van der Waals surface area (Å²) in [4.78, 5) is 1.66. The van der Waals surface area contributed by atoms with Crippen LogP contribution in [0.25, 0.3) is 0 Å². The third kappa shape index (κ3) is 1.49. The molecule has 0 bridgehead atoms. The van der Waals surface area contributed by atoms with Gasteiger partial charge in [0.1, 0.15) is 0 Å². The molecule has 3 N–H and O–H groups in total. The minimum Gasteiger partial charge on any atom is -0.426 e. The molecule has 0 spiro atoms. The smallest absolute Gasteiger partial charge is 0.426 e. The second-order valence-electron chi connectivity index (χ2n) is 2.58. The van der Waals surface area contributed by atoms with Gasteiger partial charge in [-0.25, -0.2) is 0 Å². The molecular weight excluding hydrogens is 133 g/mol. The second kappa shape index (κ2) is 3.34. The lowest BCUT2D eigenvalue weighted by Gasteiger charge is -2.20. The van der Waals surface area contributed by atoms with Crippen molar-refractivity contribution in [3.05, 3.63) is 0 Å². The molecule has 4 nitrogen and oxygen atoms in total. The van der Waals surface area contributed by atoms with E-state index in [1.165, 1.54) is 0 Å². The van der Waals surface area contributed by atoms with Gasteiger partial charge in [-0.1, -0.05) is 0 Å². The number of hydrogen-bond acceptors (Lipinski definition) is 4. The molecule has 58 valence electrons. The van der Waals surface area contributed by atoms with E-state index < -0.39 is 7.12 Å². The van der Waals surface area contributed by atoms with E-state index in [2.05, 4.69) is 0 Å². The quantitative estimate of drug-likeness (QED) is 0.410. The van der Waals surface area contributed by atoms with E-state index in [1.54, 1.807) is 4.90 Å². The molecule has 1 aliphatic heterocycles. The lowest BCUT2D eigenvalue weighted by atomic mass is 9.78. The summed E-state index contributed by atoms with van der Waals surface area (Å²) >= 11 is 0. The van der Waals surface area contributed by atoms with Crippen molar-refractivity contribution in [2.24, 2.45) is 0 Å². The Balaban J connectivity index is 2.42. The van der Waals surface area contributed by atoms with Crippen LogP contribution in [0.1, 0.15) is 12.8 Å². The largest absolute Gasteiger partial charge is 0.469 e. The maximum atomic E-state index is 8.76. The molecule has 1 fully saturated rings. The summed E-state index contributed by atoms with van der Waals surface area (Å²) in [6, 6.07) is 0. The van der Waals surface area contributed by atoms with Gasteiger partial charge in [0.05, 0.1) is 6.73 Å². The summed E-state index contributed by atoms with van der Waals surface area (Å²) < 4.78 is 0. The van der Waals surface area contributed by atoms with Gasteiger partial charge in [0, 0.05) is 12.5 Å². The summed E-state index contributed by atoms with van der Waals surface area (Å²) in [5, 5.41) is 26.2. The van der Waals surface area contributed by atoms with E-state index in [0.717, 1.165) is 19.4 Å². The van der Waals surface area contributed by atoms with E-state index in [0.29, 0.717) is 0 Å². The fourth-order valence-corrected chi connectivity index (χ4v) is 1.37. The van der Waals surface area contributed by atoms with E-state index in [1.807, 2.05) is 0 Å². The molecule has 0 aromatic heterocycles. The zero-order valence-corrected chi connectivity index (χ0v) is 5.77. The summed E-state index contributed by atoms with van der Waals surface area (Å²) in [5.74, 6) is -0.259. The minimum atomic E-state index is -1.31. The molecule has 1 rings (SSSR count). The normalized spacial score (nSPS) is 27.3. The average Bonchev–Trinajstić information content (AvgIpc) is 2.33.